The molecule has 2 aromatic rings. The van der Waals surface area contributed by atoms with E-state index in [0.717, 1.165) is 12.2 Å². The van der Waals surface area contributed by atoms with Crippen molar-refractivity contribution in [1.82, 2.24) is 14.8 Å². The van der Waals surface area contributed by atoms with Gasteiger partial charge in [-0.3, -0.25) is 9.88 Å². The first kappa shape index (κ1) is 18.6. The van der Waals surface area contributed by atoms with Crippen LogP contribution >= 0.6 is 0 Å². The lowest BCUT2D eigenvalue weighted by molar-refractivity contribution is 0.0135. The summed E-state index contributed by atoms with van der Waals surface area (Å²) < 4.78 is 0. The highest BCUT2D eigenvalue weighted by atomic mass is 15.2. The molecule has 0 radical (unpaired) electrons. The molecule has 3 heterocycles. The molecule has 1 aromatic heterocycles. The van der Waals surface area contributed by atoms with Crippen LogP contribution in [0.5, 0.6) is 0 Å². The fourth-order valence-electron chi connectivity index (χ4n) is 5.16. The number of aryl methyl sites for hydroxylation is 1. The van der Waals surface area contributed by atoms with Gasteiger partial charge >= 0.3 is 0 Å². The molecule has 0 bridgehead atoms. The second kappa shape index (κ2) is 8.12. The monoisotopic (exact) mass is 363 g/mol. The van der Waals surface area contributed by atoms with E-state index in [1.807, 2.05) is 0 Å². The van der Waals surface area contributed by atoms with E-state index in [1.165, 1.54) is 63.2 Å². The average molecular weight is 364 g/mol. The minimum absolute atomic E-state index is 0.491. The van der Waals surface area contributed by atoms with Crippen molar-refractivity contribution in [2.75, 3.05) is 32.7 Å². The van der Waals surface area contributed by atoms with Gasteiger partial charge in [-0.25, -0.2) is 0 Å². The van der Waals surface area contributed by atoms with Crippen LogP contribution in [0.4, 0.5) is 0 Å². The summed E-state index contributed by atoms with van der Waals surface area (Å²) in [5.74, 6) is 0.685. The third kappa shape index (κ3) is 4.41. The third-order valence-corrected chi connectivity index (χ3v) is 6.68. The highest BCUT2D eigenvalue weighted by Gasteiger charge is 2.41. The van der Waals surface area contributed by atoms with Gasteiger partial charge in [-0.2, -0.15) is 0 Å². The zero-order valence-electron chi connectivity index (χ0n) is 16.9. The van der Waals surface area contributed by atoms with Crippen LogP contribution in [0, 0.1) is 12.3 Å². The van der Waals surface area contributed by atoms with Crippen molar-refractivity contribution >= 4 is 0 Å². The Morgan fingerprint density at radius 2 is 1.78 bits per heavy atom. The molecule has 1 atom stereocenters. The molecule has 0 aliphatic carbocycles. The van der Waals surface area contributed by atoms with Crippen LogP contribution < -0.4 is 0 Å². The van der Waals surface area contributed by atoms with Crippen molar-refractivity contribution in [3.05, 3.63) is 65.5 Å². The summed E-state index contributed by atoms with van der Waals surface area (Å²) in [7, 11) is 0. The van der Waals surface area contributed by atoms with Gasteiger partial charge in [0.2, 0.25) is 0 Å². The van der Waals surface area contributed by atoms with E-state index >= 15 is 0 Å². The molecule has 3 heteroatoms. The number of aromatic nitrogens is 1. The fraction of sp³-hybridized carbons (Fsp3) is 0.542. The van der Waals surface area contributed by atoms with Gasteiger partial charge < -0.3 is 4.90 Å². The van der Waals surface area contributed by atoms with Gasteiger partial charge in [0, 0.05) is 25.3 Å². The summed E-state index contributed by atoms with van der Waals surface area (Å²) in [5, 5.41) is 0. The van der Waals surface area contributed by atoms with Crippen LogP contribution in [0.2, 0.25) is 0 Å². The Morgan fingerprint density at radius 3 is 2.48 bits per heavy atom. The zero-order chi connectivity index (χ0) is 18.7. The van der Waals surface area contributed by atoms with Gasteiger partial charge in [-0.15, -0.1) is 0 Å². The Labute approximate surface area is 164 Å². The van der Waals surface area contributed by atoms with E-state index in [4.69, 9.17) is 4.98 Å². The van der Waals surface area contributed by atoms with Gasteiger partial charge in [0.05, 0.1) is 5.69 Å². The summed E-state index contributed by atoms with van der Waals surface area (Å²) in [6, 6.07) is 17.6. The van der Waals surface area contributed by atoms with Gasteiger partial charge in [0.1, 0.15) is 0 Å². The summed E-state index contributed by atoms with van der Waals surface area (Å²) in [4.78, 5) is 10.00. The number of piperidine rings is 2. The van der Waals surface area contributed by atoms with Crippen LogP contribution in [0.1, 0.15) is 49.1 Å². The van der Waals surface area contributed by atoms with Gasteiger partial charge in [0.15, 0.2) is 0 Å². The minimum atomic E-state index is 0.491. The lowest BCUT2D eigenvalue weighted by atomic mass is 9.68. The van der Waals surface area contributed by atoms with E-state index in [2.05, 4.69) is 72.2 Å². The smallest absolute Gasteiger partial charge is 0.0547 e. The predicted molar refractivity (Wildman–Crippen MR) is 112 cm³/mol. The Morgan fingerprint density at radius 1 is 1.00 bits per heavy atom. The number of pyridine rings is 1. The summed E-state index contributed by atoms with van der Waals surface area (Å²) >= 11 is 0. The Hall–Kier alpha value is -1.71. The molecule has 2 aliphatic rings. The third-order valence-electron chi connectivity index (χ3n) is 6.68. The normalized spacial score (nSPS) is 23.6. The van der Waals surface area contributed by atoms with Crippen molar-refractivity contribution in [3.63, 3.8) is 0 Å². The molecule has 2 fully saturated rings. The standard InChI is InChI=1S/C24H33N3/c1-3-26-17-22(21-9-5-4-6-10-21)16-24(19-26)12-14-27(15-13-24)18-23-11-7-8-20(2)25-23/h4-11,22H,3,12-19H2,1-2H3. The lowest BCUT2D eigenvalue weighted by Crippen LogP contribution is -2.51. The molecule has 1 spiro atoms. The van der Waals surface area contributed by atoms with Crippen molar-refractivity contribution < 1.29 is 0 Å². The molecule has 27 heavy (non-hydrogen) atoms. The number of rotatable bonds is 4. The van der Waals surface area contributed by atoms with E-state index in [1.54, 1.807) is 0 Å². The number of nitrogens with zero attached hydrogens (tertiary/aromatic N) is 3. The highest BCUT2D eigenvalue weighted by Crippen LogP contribution is 2.45. The lowest BCUT2D eigenvalue weighted by Gasteiger charge is -2.50. The molecule has 3 nitrogen and oxygen atoms in total. The van der Waals surface area contributed by atoms with Crippen LogP contribution in [0.3, 0.4) is 0 Å². The number of likely N-dealkylation sites (N-methyl/N-ethyl adjacent to an activating group) is 1. The molecule has 0 amide bonds. The average Bonchev–Trinajstić information content (AvgIpc) is 2.70. The van der Waals surface area contributed by atoms with Crippen molar-refractivity contribution in [3.8, 4) is 0 Å². The molecule has 2 saturated heterocycles. The largest absolute Gasteiger partial charge is 0.302 e. The molecule has 4 rings (SSSR count). The first-order valence-electron chi connectivity index (χ1n) is 10.6. The molecular formula is C24H33N3. The molecule has 144 valence electrons. The van der Waals surface area contributed by atoms with Gasteiger partial charge in [0.25, 0.3) is 0 Å². The second-order valence-electron chi connectivity index (χ2n) is 8.69. The first-order valence-corrected chi connectivity index (χ1v) is 10.6. The quantitative estimate of drug-likeness (QED) is 0.798. The maximum atomic E-state index is 4.70. The number of hydrogen-bond donors (Lipinski definition) is 0. The highest BCUT2D eigenvalue weighted by molar-refractivity contribution is 5.21. The number of likely N-dealkylation sites (tertiary alicyclic amines) is 2. The molecule has 2 aliphatic heterocycles. The fourth-order valence-corrected chi connectivity index (χ4v) is 5.16. The van der Waals surface area contributed by atoms with Crippen molar-refractivity contribution in [2.24, 2.45) is 5.41 Å². The van der Waals surface area contributed by atoms with E-state index in [-0.39, 0.29) is 0 Å². The minimum Gasteiger partial charge on any atom is -0.302 e. The molecule has 1 unspecified atom stereocenters. The predicted octanol–water partition coefficient (Wildman–Crippen LogP) is 4.48. The van der Waals surface area contributed by atoms with Crippen LogP contribution in [0.15, 0.2) is 48.5 Å². The van der Waals surface area contributed by atoms with Crippen LogP contribution in [0.25, 0.3) is 0 Å². The summed E-state index contributed by atoms with van der Waals surface area (Å²) in [5.41, 5.74) is 4.36. The van der Waals surface area contributed by atoms with Crippen LogP contribution in [-0.2, 0) is 6.54 Å². The van der Waals surface area contributed by atoms with E-state index < -0.39 is 0 Å². The Kier molecular flexibility index (Phi) is 5.60. The topological polar surface area (TPSA) is 19.4 Å². The van der Waals surface area contributed by atoms with E-state index in [0.29, 0.717) is 11.3 Å². The Bertz CT molecular complexity index is 734. The number of hydrogen-bond acceptors (Lipinski definition) is 3. The maximum Gasteiger partial charge on any atom is 0.0547 e. The molecule has 0 saturated carbocycles. The Balaban J connectivity index is 1.42. The zero-order valence-corrected chi connectivity index (χ0v) is 16.9. The van der Waals surface area contributed by atoms with E-state index in [9.17, 15) is 0 Å². The molecule has 1 aromatic carbocycles. The van der Waals surface area contributed by atoms with Gasteiger partial charge in [-0.05, 0) is 74.8 Å². The first-order chi connectivity index (χ1) is 13.2. The number of benzene rings is 1. The summed E-state index contributed by atoms with van der Waals surface area (Å²) in [6.45, 7) is 11.5. The molecule has 0 N–H and O–H groups in total. The maximum absolute atomic E-state index is 4.70. The van der Waals surface area contributed by atoms with Crippen molar-refractivity contribution in [1.29, 1.82) is 0 Å². The summed E-state index contributed by atoms with van der Waals surface area (Å²) in [6.07, 6.45) is 3.99. The van der Waals surface area contributed by atoms with Crippen molar-refractivity contribution in [2.45, 2.75) is 45.6 Å². The van der Waals surface area contributed by atoms with Crippen LogP contribution in [-0.4, -0.2) is 47.5 Å². The SMILES string of the molecule is CCN1CC(c2ccccc2)CC2(CCN(Cc3cccc(C)n3)CC2)C1. The second-order valence-corrected chi connectivity index (χ2v) is 8.69. The molecular weight excluding hydrogens is 330 g/mol. The van der Waals surface area contributed by atoms with Gasteiger partial charge in [-0.1, -0.05) is 43.3 Å².